The number of nitrogens with one attached hydrogen (secondary N) is 1. The maximum Gasteiger partial charge on any atom is 0.256 e. The monoisotopic (exact) mass is 362 g/mol. The lowest BCUT2D eigenvalue weighted by molar-refractivity contribution is 0.102. The van der Waals surface area contributed by atoms with Crippen LogP contribution >= 0.6 is 0 Å². The van der Waals surface area contributed by atoms with Gasteiger partial charge in [0.25, 0.3) is 5.91 Å². The second-order valence-electron chi connectivity index (χ2n) is 7.95. The molecule has 2 aromatic carbocycles. The van der Waals surface area contributed by atoms with E-state index in [4.69, 9.17) is 5.73 Å². The summed E-state index contributed by atoms with van der Waals surface area (Å²) in [7, 11) is 0. The van der Waals surface area contributed by atoms with Crippen LogP contribution in [0.5, 0.6) is 5.75 Å². The van der Waals surface area contributed by atoms with E-state index in [1.807, 2.05) is 30.3 Å². The number of aromatic hydroxyl groups is 1. The van der Waals surface area contributed by atoms with E-state index in [0.29, 0.717) is 17.4 Å². The molecule has 1 amide bonds. The molecular weight excluding hydrogens is 336 g/mol. The predicted molar refractivity (Wildman–Crippen MR) is 109 cm³/mol. The van der Waals surface area contributed by atoms with E-state index in [1.165, 1.54) is 5.56 Å². The zero-order chi connectivity index (χ0) is 19.1. The van der Waals surface area contributed by atoms with Gasteiger partial charge in [-0.05, 0) is 60.1 Å². The number of rotatable bonds is 3. The molecule has 0 radical (unpaired) electrons. The van der Waals surface area contributed by atoms with Gasteiger partial charge in [-0.1, -0.05) is 38.1 Å². The van der Waals surface area contributed by atoms with E-state index in [0.717, 1.165) is 29.7 Å². The highest BCUT2D eigenvalue weighted by atomic mass is 16.3. The molecule has 1 saturated carbocycles. The SMILES string of the molecule is CC1CC=Cc2c(C(=O)Nc3ccc([C@H]4C[C@@H]4N)cc3)ccc(O)c2[C@@H]1C. The van der Waals surface area contributed by atoms with Crippen molar-refractivity contribution in [1.82, 2.24) is 0 Å². The highest BCUT2D eigenvalue weighted by Crippen LogP contribution is 2.41. The summed E-state index contributed by atoms with van der Waals surface area (Å²) in [5.74, 6) is 1.15. The Morgan fingerprint density at radius 1 is 1.15 bits per heavy atom. The van der Waals surface area contributed by atoms with Crippen molar-refractivity contribution in [2.75, 3.05) is 5.32 Å². The summed E-state index contributed by atoms with van der Waals surface area (Å²) in [4.78, 5) is 12.9. The first-order chi connectivity index (χ1) is 13.0. The maximum absolute atomic E-state index is 12.9. The number of carbonyl (C=O) groups is 1. The first-order valence-corrected chi connectivity index (χ1v) is 9.65. The molecule has 1 unspecified atom stereocenters. The molecule has 27 heavy (non-hydrogen) atoms. The van der Waals surface area contributed by atoms with Gasteiger partial charge in [0.1, 0.15) is 5.75 Å². The van der Waals surface area contributed by atoms with Gasteiger partial charge in [0, 0.05) is 28.8 Å². The second-order valence-corrected chi connectivity index (χ2v) is 7.95. The fourth-order valence-electron chi connectivity index (χ4n) is 3.98. The number of allylic oxidation sites excluding steroid dienone is 1. The number of phenolic OH excluding ortho intramolecular Hbond substituents is 1. The summed E-state index contributed by atoms with van der Waals surface area (Å²) in [6.07, 6.45) is 6.04. The van der Waals surface area contributed by atoms with E-state index >= 15 is 0 Å². The highest BCUT2D eigenvalue weighted by Gasteiger charge is 2.34. The van der Waals surface area contributed by atoms with Gasteiger partial charge >= 0.3 is 0 Å². The van der Waals surface area contributed by atoms with Crippen molar-refractivity contribution in [1.29, 1.82) is 0 Å². The number of hydrogen-bond acceptors (Lipinski definition) is 3. The molecule has 0 aliphatic heterocycles. The van der Waals surface area contributed by atoms with E-state index in [-0.39, 0.29) is 23.6 Å². The van der Waals surface area contributed by atoms with Crippen LogP contribution in [0.3, 0.4) is 0 Å². The second kappa shape index (κ2) is 6.86. The van der Waals surface area contributed by atoms with E-state index < -0.39 is 0 Å². The van der Waals surface area contributed by atoms with Crippen LogP contribution < -0.4 is 11.1 Å². The molecule has 4 rings (SSSR count). The predicted octanol–water partition coefficient (Wildman–Crippen LogP) is 4.62. The van der Waals surface area contributed by atoms with Gasteiger partial charge in [-0.25, -0.2) is 0 Å². The van der Waals surface area contributed by atoms with Crippen molar-refractivity contribution >= 4 is 17.7 Å². The molecule has 0 aromatic heterocycles. The molecule has 0 bridgehead atoms. The third-order valence-corrected chi connectivity index (χ3v) is 6.05. The summed E-state index contributed by atoms with van der Waals surface area (Å²) in [6.45, 7) is 4.28. The van der Waals surface area contributed by atoms with Crippen molar-refractivity contribution in [3.8, 4) is 5.75 Å². The number of phenols is 1. The molecule has 4 N–H and O–H groups in total. The number of amides is 1. The van der Waals surface area contributed by atoms with Crippen LogP contribution in [0.15, 0.2) is 42.5 Å². The van der Waals surface area contributed by atoms with Gasteiger partial charge in [0.05, 0.1) is 0 Å². The molecule has 0 spiro atoms. The highest BCUT2D eigenvalue weighted by molar-refractivity contribution is 6.07. The molecule has 2 aliphatic rings. The number of anilines is 1. The summed E-state index contributed by atoms with van der Waals surface area (Å²) in [5.41, 5.74) is 10.2. The van der Waals surface area contributed by atoms with Crippen molar-refractivity contribution in [3.05, 3.63) is 64.7 Å². The van der Waals surface area contributed by atoms with Gasteiger partial charge in [0.2, 0.25) is 0 Å². The molecule has 4 atom stereocenters. The van der Waals surface area contributed by atoms with Crippen LogP contribution in [0.25, 0.3) is 6.08 Å². The topological polar surface area (TPSA) is 75.4 Å². The molecular formula is C23H26N2O2. The third-order valence-electron chi connectivity index (χ3n) is 6.05. The Morgan fingerprint density at radius 2 is 1.85 bits per heavy atom. The normalized spacial score (nSPS) is 26.2. The van der Waals surface area contributed by atoms with Crippen LogP contribution in [0, 0.1) is 5.92 Å². The largest absolute Gasteiger partial charge is 0.508 e. The number of carbonyl (C=O) groups excluding carboxylic acids is 1. The lowest BCUT2D eigenvalue weighted by Crippen LogP contribution is -2.15. The van der Waals surface area contributed by atoms with Gasteiger partial charge in [-0.2, -0.15) is 0 Å². The van der Waals surface area contributed by atoms with Gasteiger partial charge in [0.15, 0.2) is 0 Å². The Hall–Kier alpha value is -2.59. The summed E-state index contributed by atoms with van der Waals surface area (Å²) < 4.78 is 0. The van der Waals surface area contributed by atoms with E-state index in [1.54, 1.807) is 12.1 Å². The minimum absolute atomic E-state index is 0.159. The molecule has 0 saturated heterocycles. The summed E-state index contributed by atoms with van der Waals surface area (Å²) in [5, 5.41) is 13.4. The number of benzene rings is 2. The minimum atomic E-state index is -0.159. The smallest absolute Gasteiger partial charge is 0.256 e. The van der Waals surface area contributed by atoms with Crippen molar-refractivity contribution in [2.45, 2.75) is 44.6 Å². The van der Waals surface area contributed by atoms with Crippen molar-refractivity contribution < 1.29 is 9.90 Å². The number of hydrogen-bond donors (Lipinski definition) is 3. The quantitative estimate of drug-likeness (QED) is 0.746. The molecule has 2 aromatic rings. The molecule has 1 fully saturated rings. The van der Waals surface area contributed by atoms with Crippen LogP contribution in [0.4, 0.5) is 5.69 Å². The van der Waals surface area contributed by atoms with Crippen LogP contribution in [-0.4, -0.2) is 17.1 Å². The Kier molecular flexibility index (Phi) is 4.52. The first-order valence-electron chi connectivity index (χ1n) is 9.65. The lowest BCUT2D eigenvalue weighted by atomic mass is 9.84. The van der Waals surface area contributed by atoms with Crippen LogP contribution in [0.2, 0.25) is 0 Å². The summed E-state index contributed by atoms with van der Waals surface area (Å²) >= 11 is 0. The summed E-state index contributed by atoms with van der Waals surface area (Å²) in [6, 6.07) is 11.5. The van der Waals surface area contributed by atoms with Crippen molar-refractivity contribution in [3.63, 3.8) is 0 Å². The zero-order valence-electron chi connectivity index (χ0n) is 15.8. The molecule has 140 valence electrons. The average Bonchev–Trinajstić information content (AvgIpc) is 3.40. The third kappa shape index (κ3) is 3.37. The Bertz CT molecular complexity index is 901. The first kappa shape index (κ1) is 17.8. The molecule has 0 heterocycles. The van der Waals surface area contributed by atoms with Gasteiger partial charge in [-0.15, -0.1) is 0 Å². The average molecular weight is 362 g/mol. The minimum Gasteiger partial charge on any atom is -0.508 e. The fourth-order valence-corrected chi connectivity index (χ4v) is 3.98. The Balaban J connectivity index is 1.61. The van der Waals surface area contributed by atoms with Gasteiger partial charge in [-0.3, -0.25) is 4.79 Å². The maximum atomic E-state index is 12.9. The Morgan fingerprint density at radius 3 is 2.52 bits per heavy atom. The van der Waals surface area contributed by atoms with E-state index in [2.05, 4.69) is 25.2 Å². The van der Waals surface area contributed by atoms with Crippen LogP contribution in [0.1, 0.15) is 65.6 Å². The number of nitrogens with two attached hydrogens (primary N) is 1. The molecule has 2 aliphatic carbocycles. The van der Waals surface area contributed by atoms with E-state index in [9.17, 15) is 9.90 Å². The van der Waals surface area contributed by atoms with Crippen molar-refractivity contribution in [2.24, 2.45) is 11.7 Å². The van der Waals surface area contributed by atoms with Crippen LogP contribution in [-0.2, 0) is 0 Å². The molecule has 4 nitrogen and oxygen atoms in total. The number of fused-ring (bicyclic) bond motifs is 1. The lowest BCUT2D eigenvalue weighted by Gasteiger charge is -2.21. The van der Waals surface area contributed by atoms with Gasteiger partial charge < -0.3 is 16.2 Å². The molecule has 4 heteroatoms. The fraction of sp³-hybridized carbons (Fsp3) is 0.348. The standard InChI is InChI=1S/C23H26N2O2/c1-13-4-3-5-17-18(10-11-21(26)22(17)14(13)2)23(27)25-16-8-6-15(7-9-16)19-12-20(19)24/h3,5-11,13-14,19-20,26H,4,12,24H2,1-2H3,(H,25,27)/t13?,14-,19-,20+/m1/s1. The zero-order valence-corrected chi connectivity index (χ0v) is 15.8. The Labute approximate surface area is 160 Å².